The molecule has 1 aromatic rings. The van der Waals surface area contributed by atoms with Crippen molar-refractivity contribution in [2.24, 2.45) is 23.6 Å². The van der Waals surface area contributed by atoms with Crippen molar-refractivity contribution in [2.45, 2.75) is 38.1 Å². The molecule has 2 bridgehead atoms. The predicted octanol–water partition coefficient (Wildman–Crippen LogP) is 3.92. The number of nitrogens with two attached hydrogens (primary N) is 1. The number of halogens is 2. The zero-order valence-electron chi connectivity index (χ0n) is 10.9. The summed E-state index contributed by atoms with van der Waals surface area (Å²) in [6.07, 6.45) is 6.36. The Morgan fingerprint density at radius 3 is 2.79 bits per heavy atom. The first-order chi connectivity index (χ1) is 9.19. The van der Waals surface area contributed by atoms with Gasteiger partial charge >= 0.3 is 0 Å². The molecular weight excluding hydrogens is 307 g/mol. The summed E-state index contributed by atoms with van der Waals surface area (Å²) < 4.78 is 14.8. The summed E-state index contributed by atoms with van der Waals surface area (Å²) in [7, 11) is 0. The van der Waals surface area contributed by atoms with Crippen molar-refractivity contribution in [3.8, 4) is 0 Å². The highest BCUT2D eigenvalue weighted by atomic mass is 79.9. The second-order valence-electron chi connectivity index (χ2n) is 6.03. The third-order valence-corrected chi connectivity index (χ3v) is 5.66. The Labute approximate surface area is 122 Å². The molecule has 3 rings (SSSR count). The molecule has 0 radical (unpaired) electrons. The topological polar surface area (TPSA) is 38.0 Å². The van der Waals surface area contributed by atoms with Crippen LogP contribution in [-0.2, 0) is 0 Å². The third kappa shape index (κ3) is 2.58. The zero-order valence-corrected chi connectivity index (χ0v) is 12.5. The Kier molecular flexibility index (Phi) is 3.92. The van der Waals surface area contributed by atoms with Crippen LogP contribution in [0.3, 0.4) is 0 Å². The van der Waals surface area contributed by atoms with Gasteiger partial charge in [0.2, 0.25) is 0 Å². The minimum absolute atomic E-state index is 0.0973. The molecule has 2 aliphatic carbocycles. The molecule has 2 saturated carbocycles. The van der Waals surface area contributed by atoms with E-state index in [1.165, 1.54) is 31.7 Å². The van der Waals surface area contributed by atoms with Crippen molar-refractivity contribution in [3.63, 3.8) is 0 Å². The molecule has 2 aliphatic rings. The maximum atomic E-state index is 14.0. The Balaban J connectivity index is 1.77. The number of hydrogen-bond acceptors (Lipinski definition) is 2. The Morgan fingerprint density at radius 1 is 1.37 bits per heavy atom. The molecule has 4 atom stereocenters. The average Bonchev–Trinajstić information content (AvgIpc) is 2.99. The highest BCUT2D eigenvalue weighted by molar-refractivity contribution is 9.10. The van der Waals surface area contributed by atoms with Crippen molar-refractivity contribution in [2.75, 3.05) is 0 Å². The van der Waals surface area contributed by atoms with E-state index < -0.39 is 0 Å². The van der Waals surface area contributed by atoms with E-state index in [0.717, 1.165) is 22.7 Å². The third-order valence-electron chi connectivity index (χ3n) is 4.97. The van der Waals surface area contributed by atoms with Crippen LogP contribution in [0.5, 0.6) is 0 Å². The molecule has 0 saturated heterocycles. The number of hydrogen-bond donors (Lipinski definition) is 2. The first kappa shape index (κ1) is 13.5. The first-order valence-corrected chi connectivity index (χ1v) is 7.88. The lowest BCUT2D eigenvalue weighted by atomic mass is 9.83. The standard InChI is InChI=1S/C15H20BrFN2/c16-12-2-1-3-13(17)15(12)14(19-18)8-11-7-9-4-5-10(11)6-9/h1-3,9-11,14,19H,4-8,18H2. The van der Waals surface area contributed by atoms with Gasteiger partial charge in [0.25, 0.3) is 0 Å². The highest BCUT2D eigenvalue weighted by Gasteiger charge is 2.40. The average molecular weight is 327 g/mol. The maximum Gasteiger partial charge on any atom is 0.129 e. The van der Waals surface area contributed by atoms with Gasteiger partial charge in [-0.2, -0.15) is 0 Å². The number of nitrogens with one attached hydrogen (secondary N) is 1. The van der Waals surface area contributed by atoms with Crippen molar-refractivity contribution in [1.82, 2.24) is 5.43 Å². The van der Waals surface area contributed by atoms with Gasteiger partial charge in [0.05, 0.1) is 6.04 Å². The molecule has 2 nitrogen and oxygen atoms in total. The quantitative estimate of drug-likeness (QED) is 0.650. The second kappa shape index (κ2) is 5.51. The molecule has 3 N–H and O–H groups in total. The normalized spacial score (nSPS) is 30.8. The van der Waals surface area contributed by atoms with Gasteiger partial charge < -0.3 is 0 Å². The largest absolute Gasteiger partial charge is 0.271 e. The lowest BCUT2D eigenvalue weighted by molar-refractivity contribution is 0.277. The van der Waals surface area contributed by atoms with Gasteiger partial charge in [0.1, 0.15) is 5.82 Å². The summed E-state index contributed by atoms with van der Waals surface area (Å²) in [4.78, 5) is 0. The van der Waals surface area contributed by atoms with E-state index in [1.54, 1.807) is 6.07 Å². The number of hydrazine groups is 1. The molecular formula is C15H20BrFN2. The molecule has 0 spiro atoms. The molecule has 4 unspecified atom stereocenters. The summed E-state index contributed by atoms with van der Waals surface area (Å²) in [6, 6.07) is 5.00. The Bertz CT molecular complexity index is 445. The molecule has 4 heteroatoms. The predicted molar refractivity (Wildman–Crippen MR) is 77.7 cm³/mol. The molecule has 0 heterocycles. The van der Waals surface area contributed by atoms with Crippen LogP contribution in [0.2, 0.25) is 0 Å². The van der Waals surface area contributed by atoms with Gasteiger partial charge in [-0.25, -0.2) is 4.39 Å². The van der Waals surface area contributed by atoms with Crippen LogP contribution < -0.4 is 11.3 Å². The van der Waals surface area contributed by atoms with Crippen LogP contribution in [0.15, 0.2) is 22.7 Å². The van der Waals surface area contributed by atoms with Crippen LogP contribution in [-0.4, -0.2) is 0 Å². The highest BCUT2D eigenvalue weighted by Crippen LogP contribution is 2.51. The fraction of sp³-hybridized carbons (Fsp3) is 0.600. The maximum absolute atomic E-state index is 14.0. The van der Waals surface area contributed by atoms with E-state index in [9.17, 15) is 4.39 Å². The Hall–Kier alpha value is -0.450. The van der Waals surface area contributed by atoms with E-state index in [4.69, 9.17) is 5.84 Å². The molecule has 0 aliphatic heterocycles. The van der Waals surface area contributed by atoms with E-state index in [-0.39, 0.29) is 11.9 Å². The molecule has 0 amide bonds. The van der Waals surface area contributed by atoms with E-state index >= 15 is 0 Å². The SMILES string of the molecule is NNC(CC1CC2CCC1C2)c1c(F)cccc1Br. The Morgan fingerprint density at radius 2 is 2.21 bits per heavy atom. The van der Waals surface area contributed by atoms with Gasteiger partial charge in [0, 0.05) is 10.0 Å². The summed E-state index contributed by atoms with van der Waals surface area (Å²) in [5, 5.41) is 0. The zero-order chi connectivity index (χ0) is 13.4. The van der Waals surface area contributed by atoms with E-state index in [2.05, 4.69) is 21.4 Å². The summed E-state index contributed by atoms with van der Waals surface area (Å²) in [5.41, 5.74) is 3.49. The van der Waals surface area contributed by atoms with Crippen molar-refractivity contribution >= 4 is 15.9 Å². The number of benzene rings is 1. The van der Waals surface area contributed by atoms with Crippen LogP contribution in [0.1, 0.15) is 43.7 Å². The van der Waals surface area contributed by atoms with Crippen molar-refractivity contribution in [3.05, 3.63) is 34.1 Å². The fourth-order valence-corrected chi connectivity index (χ4v) is 4.70. The lowest BCUT2D eigenvalue weighted by Crippen LogP contribution is -2.31. The first-order valence-electron chi connectivity index (χ1n) is 7.09. The molecule has 104 valence electrons. The van der Waals surface area contributed by atoms with E-state index in [0.29, 0.717) is 11.5 Å². The molecule has 2 fully saturated rings. The fourth-order valence-electron chi connectivity index (χ4n) is 4.08. The van der Waals surface area contributed by atoms with Gasteiger partial charge in [-0.1, -0.05) is 28.4 Å². The summed E-state index contributed by atoms with van der Waals surface area (Å²) >= 11 is 3.44. The summed E-state index contributed by atoms with van der Waals surface area (Å²) in [6.45, 7) is 0. The van der Waals surface area contributed by atoms with Crippen LogP contribution in [0.4, 0.5) is 4.39 Å². The van der Waals surface area contributed by atoms with Gasteiger partial charge in [-0.15, -0.1) is 0 Å². The molecule has 0 aromatic heterocycles. The number of rotatable bonds is 4. The lowest BCUT2D eigenvalue weighted by Gasteiger charge is -2.27. The summed E-state index contributed by atoms with van der Waals surface area (Å²) in [5.74, 6) is 7.96. The van der Waals surface area contributed by atoms with Gasteiger partial charge in [-0.05, 0) is 55.6 Å². The van der Waals surface area contributed by atoms with Gasteiger partial charge in [0.15, 0.2) is 0 Å². The van der Waals surface area contributed by atoms with E-state index in [1.807, 2.05) is 6.07 Å². The van der Waals surface area contributed by atoms with Crippen LogP contribution >= 0.6 is 15.9 Å². The minimum Gasteiger partial charge on any atom is -0.271 e. The number of fused-ring (bicyclic) bond motifs is 2. The van der Waals surface area contributed by atoms with Crippen molar-refractivity contribution in [1.29, 1.82) is 0 Å². The van der Waals surface area contributed by atoms with Crippen LogP contribution in [0, 0.1) is 23.6 Å². The monoisotopic (exact) mass is 326 g/mol. The molecule has 1 aromatic carbocycles. The molecule has 19 heavy (non-hydrogen) atoms. The van der Waals surface area contributed by atoms with Crippen molar-refractivity contribution < 1.29 is 4.39 Å². The van der Waals surface area contributed by atoms with Crippen LogP contribution in [0.25, 0.3) is 0 Å². The van der Waals surface area contributed by atoms with Gasteiger partial charge in [-0.3, -0.25) is 11.3 Å². The second-order valence-corrected chi connectivity index (χ2v) is 6.88. The smallest absolute Gasteiger partial charge is 0.129 e. The minimum atomic E-state index is -0.180.